The van der Waals surface area contributed by atoms with Crippen LogP contribution >= 0.6 is 35.7 Å². The van der Waals surface area contributed by atoms with E-state index in [2.05, 4.69) is 68.0 Å². The van der Waals surface area contributed by atoms with Gasteiger partial charge in [0.05, 0.1) is 6.54 Å². The molecule has 26 heavy (non-hydrogen) atoms. The molecule has 1 aromatic rings. The first-order valence-corrected chi connectivity index (χ1v) is 10.4. The fourth-order valence-electron chi connectivity index (χ4n) is 3.04. The van der Waals surface area contributed by atoms with Gasteiger partial charge in [-0.2, -0.15) is 11.8 Å². The second kappa shape index (κ2) is 11.4. The van der Waals surface area contributed by atoms with E-state index in [0.29, 0.717) is 0 Å². The van der Waals surface area contributed by atoms with Gasteiger partial charge in [-0.25, -0.2) is 0 Å². The quantitative estimate of drug-likeness (QED) is 0.343. The number of hydrogen-bond acceptors (Lipinski definition) is 3. The number of rotatable bonds is 7. The van der Waals surface area contributed by atoms with Gasteiger partial charge in [0.25, 0.3) is 0 Å². The molecular formula is C20H34IN3OS. The number of hydrogen-bond donors (Lipinski definition) is 2. The number of thioether (sulfide) groups is 1. The van der Waals surface area contributed by atoms with Crippen LogP contribution in [-0.4, -0.2) is 49.8 Å². The van der Waals surface area contributed by atoms with Gasteiger partial charge in [0.1, 0.15) is 0 Å². The molecule has 148 valence electrons. The van der Waals surface area contributed by atoms with Gasteiger partial charge in [0.2, 0.25) is 0 Å². The standard InChI is InChI=1S/C20H33N3OS.HI/c1-5-21-18(23-16-20(25-4)11-13-24-14-12-20)22-15-19(2,3)17-9-7-6-8-10-17;/h6-10H,5,11-16H2,1-4H3,(H2,21,22,23);1H. The molecule has 0 aliphatic carbocycles. The van der Waals surface area contributed by atoms with Crippen molar-refractivity contribution in [3.8, 4) is 0 Å². The maximum atomic E-state index is 5.54. The SMILES string of the molecule is CCNC(=NCC(C)(C)c1ccccc1)NCC1(SC)CCOCC1.I. The molecule has 0 amide bonds. The highest BCUT2D eigenvalue weighted by Crippen LogP contribution is 2.33. The van der Waals surface area contributed by atoms with Crippen LogP contribution < -0.4 is 10.6 Å². The Balaban J connectivity index is 0.00000338. The van der Waals surface area contributed by atoms with Crippen molar-refractivity contribution >= 4 is 41.7 Å². The van der Waals surface area contributed by atoms with Crippen LogP contribution in [0.25, 0.3) is 0 Å². The molecule has 0 bridgehead atoms. The number of benzene rings is 1. The van der Waals surface area contributed by atoms with E-state index in [-0.39, 0.29) is 34.1 Å². The van der Waals surface area contributed by atoms with Crippen LogP contribution in [0.2, 0.25) is 0 Å². The topological polar surface area (TPSA) is 45.7 Å². The highest BCUT2D eigenvalue weighted by atomic mass is 127. The van der Waals surface area contributed by atoms with E-state index < -0.39 is 0 Å². The number of guanidine groups is 1. The van der Waals surface area contributed by atoms with Crippen LogP contribution in [0.3, 0.4) is 0 Å². The van der Waals surface area contributed by atoms with Crippen molar-refractivity contribution in [1.82, 2.24) is 10.6 Å². The Labute approximate surface area is 180 Å². The largest absolute Gasteiger partial charge is 0.381 e. The minimum Gasteiger partial charge on any atom is -0.381 e. The molecule has 0 atom stereocenters. The maximum absolute atomic E-state index is 5.54. The predicted molar refractivity (Wildman–Crippen MR) is 125 cm³/mol. The number of nitrogens with one attached hydrogen (secondary N) is 2. The number of aliphatic imine (C=N–C) groups is 1. The van der Waals surface area contributed by atoms with Gasteiger partial charge in [-0.05, 0) is 31.6 Å². The van der Waals surface area contributed by atoms with Gasteiger partial charge < -0.3 is 15.4 Å². The second-order valence-corrected chi connectivity index (χ2v) is 8.57. The van der Waals surface area contributed by atoms with Crippen LogP contribution in [0.5, 0.6) is 0 Å². The summed E-state index contributed by atoms with van der Waals surface area (Å²) in [6.07, 6.45) is 4.39. The minimum absolute atomic E-state index is 0. The molecule has 2 N–H and O–H groups in total. The van der Waals surface area contributed by atoms with E-state index in [4.69, 9.17) is 9.73 Å². The lowest BCUT2D eigenvalue weighted by atomic mass is 9.85. The summed E-state index contributed by atoms with van der Waals surface area (Å²) in [5.74, 6) is 0.909. The van der Waals surface area contributed by atoms with E-state index in [1.165, 1.54) is 5.56 Å². The second-order valence-electron chi connectivity index (χ2n) is 7.30. The molecule has 0 saturated carbocycles. The van der Waals surface area contributed by atoms with Gasteiger partial charge in [-0.1, -0.05) is 44.2 Å². The van der Waals surface area contributed by atoms with E-state index in [0.717, 1.165) is 51.6 Å². The van der Waals surface area contributed by atoms with Gasteiger partial charge in [-0.15, -0.1) is 24.0 Å². The Morgan fingerprint density at radius 3 is 2.42 bits per heavy atom. The Morgan fingerprint density at radius 2 is 1.85 bits per heavy atom. The van der Waals surface area contributed by atoms with Crippen LogP contribution in [0.15, 0.2) is 35.3 Å². The first kappa shape index (κ1) is 23.6. The smallest absolute Gasteiger partial charge is 0.191 e. The molecular weight excluding hydrogens is 457 g/mol. The summed E-state index contributed by atoms with van der Waals surface area (Å²) >= 11 is 1.95. The van der Waals surface area contributed by atoms with Crippen molar-refractivity contribution in [2.24, 2.45) is 4.99 Å². The summed E-state index contributed by atoms with van der Waals surface area (Å²) in [5, 5.41) is 6.95. The molecule has 0 spiro atoms. The summed E-state index contributed by atoms with van der Waals surface area (Å²) in [7, 11) is 0. The number of nitrogens with zero attached hydrogens (tertiary/aromatic N) is 1. The van der Waals surface area contributed by atoms with E-state index in [1.54, 1.807) is 0 Å². The first-order chi connectivity index (χ1) is 12.0. The molecule has 1 aromatic carbocycles. The molecule has 1 aliphatic heterocycles. The van der Waals surface area contributed by atoms with Crippen LogP contribution in [0.1, 0.15) is 39.2 Å². The lowest BCUT2D eigenvalue weighted by molar-refractivity contribution is 0.0783. The predicted octanol–water partition coefficient (Wildman–Crippen LogP) is 4.05. The molecule has 0 unspecified atom stereocenters. The van der Waals surface area contributed by atoms with Crippen molar-refractivity contribution in [1.29, 1.82) is 0 Å². The fourth-order valence-corrected chi connectivity index (χ4v) is 3.83. The van der Waals surface area contributed by atoms with E-state index in [1.807, 2.05) is 11.8 Å². The monoisotopic (exact) mass is 491 g/mol. The molecule has 1 aliphatic rings. The summed E-state index contributed by atoms with van der Waals surface area (Å²) in [4.78, 5) is 4.87. The van der Waals surface area contributed by atoms with Crippen molar-refractivity contribution in [2.45, 2.75) is 43.8 Å². The Morgan fingerprint density at radius 1 is 1.19 bits per heavy atom. The lowest BCUT2D eigenvalue weighted by Crippen LogP contribution is -2.48. The molecule has 0 aromatic heterocycles. The molecule has 1 saturated heterocycles. The van der Waals surface area contributed by atoms with E-state index in [9.17, 15) is 0 Å². The lowest BCUT2D eigenvalue weighted by Gasteiger charge is -2.36. The summed E-state index contributed by atoms with van der Waals surface area (Å²) in [6, 6.07) is 10.6. The first-order valence-electron chi connectivity index (χ1n) is 9.22. The third-order valence-corrected chi connectivity index (χ3v) is 6.37. The summed E-state index contributed by atoms with van der Waals surface area (Å²) in [5.41, 5.74) is 1.33. The van der Waals surface area contributed by atoms with Crippen molar-refractivity contribution < 1.29 is 4.74 Å². The zero-order valence-corrected chi connectivity index (χ0v) is 19.7. The average molecular weight is 491 g/mol. The molecule has 4 nitrogen and oxygen atoms in total. The zero-order valence-electron chi connectivity index (χ0n) is 16.5. The Bertz CT molecular complexity index is 545. The Kier molecular flexibility index (Phi) is 10.3. The van der Waals surface area contributed by atoms with Gasteiger partial charge >= 0.3 is 0 Å². The van der Waals surface area contributed by atoms with Gasteiger partial charge in [0, 0.05) is 36.5 Å². The van der Waals surface area contributed by atoms with Crippen molar-refractivity contribution in [2.75, 3.05) is 39.1 Å². The van der Waals surface area contributed by atoms with Crippen LogP contribution in [-0.2, 0) is 10.2 Å². The van der Waals surface area contributed by atoms with Gasteiger partial charge in [-0.3, -0.25) is 4.99 Å². The number of halogens is 1. The molecule has 0 radical (unpaired) electrons. The number of ether oxygens (including phenoxy) is 1. The summed E-state index contributed by atoms with van der Waals surface area (Å²) < 4.78 is 5.79. The Hall–Kier alpha value is -0.470. The minimum atomic E-state index is 0. The third kappa shape index (κ3) is 6.93. The molecule has 1 heterocycles. The van der Waals surface area contributed by atoms with Crippen LogP contribution in [0.4, 0.5) is 0 Å². The summed E-state index contributed by atoms with van der Waals surface area (Å²) in [6.45, 7) is 10.9. The van der Waals surface area contributed by atoms with Crippen molar-refractivity contribution in [3.63, 3.8) is 0 Å². The molecule has 2 rings (SSSR count). The fraction of sp³-hybridized carbons (Fsp3) is 0.650. The van der Waals surface area contributed by atoms with Crippen LogP contribution in [0, 0.1) is 0 Å². The molecule has 1 fully saturated rings. The average Bonchev–Trinajstić information content (AvgIpc) is 2.65. The normalized spacial score (nSPS) is 17.3. The maximum Gasteiger partial charge on any atom is 0.191 e. The van der Waals surface area contributed by atoms with E-state index >= 15 is 0 Å². The zero-order chi connectivity index (χ0) is 18.2. The van der Waals surface area contributed by atoms with Crippen molar-refractivity contribution in [3.05, 3.63) is 35.9 Å². The highest BCUT2D eigenvalue weighted by Gasteiger charge is 2.32. The third-order valence-electron chi connectivity index (χ3n) is 4.95. The van der Waals surface area contributed by atoms with Gasteiger partial charge in [0.15, 0.2) is 5.96 Å². The highest BCUT2D eigenvalue weighted by molar-refractivity contribution is 14.0. The molecule has 6 heteroatoms.